The first-order chi connectivity index (χ1) is 11.0. The molecule has 3 atom stereocenters. The second-order valence-electron chi connectivity index (χ2n) is 8.11. The minimum atomic E-state index is -4.38. The van der Waals surface area contributed by atoms with Gasteiger partial charge in [-0.3, -0.25) is 4.79 Å². The van der Waals surface area contributed by atoms with E-state index >= 15 is 0 Å². The highest BCUT2D eigenvalue weighted by molar-refractivity contribution is 5.79. The molecule has 24 heavy (non-hydrogen) atoms. The maximum atomic E-state index is 12.8. The van der Waals surface area contributed by atoms with Gasteiger partial charge in [0.1, 0.15) is 0 Å². The van der Waals surface area contributed by atoms with Gasteiger partial charge in [0.2, 0.25) is 5.91 Å². The average molecular weight is 339 g/mol. The van der Waals surface area contributed by atoms with Gasteiger partial charge < -0.3 is 5.32 Å². The summed E-state index contributed by atoms with van der Waals surface area (Å²) >= 11 is 0. The van der Waals surface area contributed by atoms with Crippen molar-refractivity contribution in [3.8, 4) is 0 Å². The zero-order valence-corrected chi connectivity index (χ0v) is 14.3. The third-order valence-electron chi connectivity index (χ3n) is 6.75. The molecule has 1 amide bonds. The number of nitrogens with one attached hydrogen (secondary N) is 1. The molecule has 0 spiro atoms. The van der Waals surface area contributed by atoms with Crippen molar-refractivity contribution < 1.29 is 18.0 Å². The molecule has 1 aromatic rings. The Balaban J connectivity index is 1.67. The summed E-state index contributed by atoms with van der Waals surface area (Å²) < 4.78 is 38.3. The van der Waals surface area contributed by atoms with Gasteiger partial charge in [-0.25, -0.2) is 0 Å². The van der Waals surface area contributed by atoms with Crippen LogP contribution in [0.5, 0.6) is 0 Å². The summed E-state index contributed by atoms with van der Waals surface area (Å²) in [7, 11) is 0. The van der Waals surface area contributed by atoms with Gasteiger partial charge in [-0.15, -0.1) is 0 Å². The quantitative estimate of drug-likeness (QED) is 0.858. The van der Waals surface area contributed by atoms with Gasteiger partial charge in [0.05, 0.1) is 12.0 Å². The van der Waals surface area contributed by atoms with Gasteiger partial charge in [0.25, 0.3) is 0 Å². The summed E-state index contributed by atoms with van der Waals surface area (Å²) in [5.41, 5.74) is -0.0434. The van der Waals surface area contributed by atoms with Crippen LogP contribution in [0.1, 0.15) is 51.2 Å². The van der Waals surface area contributed by atoms with Gasteiger partial charge in [0, 0.05) is 6.04 Å². The number of hydrogen-bond donors (Lipinski definition) is 1. The lowest BCUT2D eigenvalue weighted by Gasteiger charge is -2.39. The van der Waals surface area contributed by atoms with Crippen LogP contribution >= 0.6 is 0 Å². The first-order valence-corrected chi connectivity index (χ1v) is 8.49. The minimum absolute atomic E-state index is 0.0123. The van der Waals surface area contributed by atoms with Crippen LogP contribution in [0, 0.1) is 16.7 Å². The molecule has 1 N–H and O–H groups in total. The maximum Gasteiger partial charge on any atom is 0.416 e. The zero-order chi connectivity index (χ0) is 17.8. The van der Waals surface area contributed by atoms with Crippen molar-refractivity contribution in [1.29, 1.82) is 0 Å². The number of benzene rings is 1. The van der Waals surface area contributed by atoms with Crippen molar-refractivity contribution in [1.82, 2.24) is 5.32 Å². The van der Waals surface area contributed by atoms with Crippen LogP contribution in [0.2, 0.25) is 0 Å². The molecular formula is C19H24F3NO. The highest BCUT2D eigenvalue weighted by Crippen LogP contribution is 2.65. The minimum Gasteiger partial charge on any atom is -0.353 e. The van der Waals surface area contributed by atoms with E-state index in [0.29, 0.717) is 11.5 Å². The third kappa shape index (κ3) is 2.72. The topological polar surface area (TPSA) is 29.1 Å². The maximum absolute atomic E-state index is 12.8. The highest BCUT2D eigenvalue weighted by Gasteiger charge is 2.61. The van der Waals surface area contributed by atoms with Crippen LogP contribution < -0.4 is 5.32 Å². The molecular weight excluding hydrogens is 315 g/mol. The fourth-order valence-corrected chi connectivity index (χ4v) is 4.71. The van der Waals surface area contributed by atoms with E-state index in [4.69, 9.17) is 0 Å². The lowest BCUT2D eigenvalue weighted by atomic mass is 9.69. The Labute approximate surface area is 140 Å². The van der Waals surface area contributed by atoms with Crippen molar-refractivity contribution in [2.24, 2.45) is 16.7 Å². The molecule has 0 aliphatic heterocycles. The van der Waals surface area contributed by atoms with E-state index in [1.165, 1.54) is 12.5 Å². The molecule has 0 unspecified atom stereocenters. The summed E-state index contributed by atoms with van der Waals surface area (Å²) in [5.74, 6) is 0.422. The Morgan fingerprint density at radius 3 is 2.54 bits per heavy atom. The first kappa shape index (κ1) is 17.3. The molecule has 2 nitrogen and oxygen atoms in total. The van der Waals surface area contributed by atoms with Crippen LogP contribution in [-0.2, 0) is 17.4 Å². The van der Waals surface area contributed by atoms with Crippen molar-refractivity contribution in [2.45, 2.75) is 58.7 Å². The average Bonchev–Trinajstić information content (AvgIpc) is 2.80. The lowest BCUT2D eigenvalue weighted by molar-refractivity contribution is -0.137. The monoisotopic (exact) mass is 339 g/mol. The van der Waals surface area contributed by atoms with Crippen molar-refractivity contribution >= 4 is 5.91 Å². The molecule has 2 aliphatic rings. The van der Waals surface area contributed by atoms with E-state index in [9.17, 15) is 18.0 Å². The second kappa shape index (κ2) is 5.50. The van der Waals surface area contributed by atoms with Crippen LogP contribution in [0.4, 0.5) is 13.2 Å². The molecule has 0 saturated heterocycles. The number of carbonyl (C=O) groups excluding carboxylic acids is 1. The largest absolute Gasteiger partial charge is 0.416 e. The normalized spacial score (nSPS) is 31.2. The summed E-state index contributed by atoms with van der Waals surface area (Å²) in [4.78, 5) is 12.4. The number of halogens is 3. The van der Waals surface area contributed by atoms with Gasteiger partial charge in [0.15, 0.2) is 0 Å². The lowest BCUT2D eigenvalue weighted by Crippen LogP contribution is -2.47. The molecule has 3 rings (SSSR count). The van der Waals surface area contributed by atoms with E-state index < -0.39 is 11.7 Å². The molecule has 2 aliphatic carbocycles. The van der Waals surface area contributed by atoms with Crippen molar-refractivity contribution in [2.75, 3.05) is 0 Å². The van der Waals surface area contributed by atoms with E-state index in [-0.39, 0.29) is 29.2 Å². The third-order valence-corrected chi connectivity index (χ3v) is 6.75. The molecule has 0 radical (unpaired) electrons. The van der Waals surface area contributed by atoms with Gasteiger partial charge >= 0.3 is 6.18 Å². The zero-order valence-electron chi connectivity index (χ0n) is 14.3. The molecule has 0 heterocycles. The molecule has 5 heteroatoms. The SMILES string of the molecule is CC1(C)[C@@H]2CC[C@]1(C)[C@@H](NC(=O)Cc1cccc(C(F)(F)F)c1)C2. The van der Waals surface area contributed by atoms with Crippen molar-refractivity contribution in [3.05, 3.63) is 35.4 Å². The number of carbonyl (C=O) groups is 1. The summed E-state index contributed by atoms with van der Waals surface area (Å²) in [6, 6.07) is 5.13. The van der Waals surface area contributed by atoms with Gasteiger partial charge in [-0.1, -0.05) is 39.0 Å². The van der Waals surface area contributed by atoms with Crippen LogP contribution in [-0.4, -0.2) is 11.9 Å². The Morgan fingerprint density at radius 1 is 1.29 bits per heavy atom. The van der Waals surface area contributed by atoms with Gasteiger partial charge in [-0.2, -0.15) is 13.2 Å². The van der Waals surface area contributed by atoms with E-state index in [1.54, 1.807) is 6.07 Å². The smallest absolute Gasteiger partial charge is 0.353 e. The molecule has 132 valence electrons. The predicted molar refractivity (Wildman–Crippen MR) is 86.3 cm³/mol. The number of fused-ring (bicyclic) bond motifs is 2. The second-order valence-corrected chi connectivity index (χ2v) is 8.11. The molecule has 0 aromatic heterocycles. The summed E-state index contributed by atoms with van der Waals surface area (Å²) in [6.07, 6.45) is -1.13. The van der Waals surface area contributed by atoms with Gasteiger partial charge in [-0.05, 0) is 47.6 Å². The molecule has 2 bridgehead atoms. The molecule has 2 fully saturated rings. The molecule has 2 saturated carbocycles. The van der Waals surface area contributed by atoms with Crippen LogP contribution in [0.15, 0.2) is 24.3 Å². The summed E-state index contributed by atoms with van der Waals surface area (Å²) in [5, 5.41) is 3.09. The Hall–Kier alpha value is -1.52. The molecule has 1 aromatic carbocycles. The Bertz CT molecular complexity index is 652. The highest BCUT2D eigenvalue weighted by atomic mass is 19.4. The summed E-state index contributed by atoms with van der Waals surface area (Å²) in [6.45, 7) is 6.77. The fraction of sp³-hybridized carbons (Fsp3) is 0.632. The first-order valence-electron chi connectivity index (χ1n) is 8.49. The van der Waals surface area contributed by atoms with Crippen LogP contribution in [0.25, 0.3) is 0 Å². The Kier molecular flexibility index (Phi) is 3.97. The predicted octanol–water partition coefficient (Wildman–Crippen LogP) is 4.58. The van der Waals surface area contributed by atoms with E-state index in [2.05, 4.69) is 26.1 Å². The van der Waals surface area contributed by atoms with Crippen molar-refractivity contribution in [3.63, 3.8) is 0 Å². The van der Waals surface area contributed by atoms with E-state index in [0.717, 1.165) is 25.0 Å². The van der Waals surface area contributed by atoms with Crippen LogP contribution in [0.3, 0.4) is 0 Å². The number of hydrogen-bond acceptors (Lipinski definition) is 1. The number of rotatable bonds is 3. The number of amides is 1. The standard InChI is InChI=1S/C19H24F3NO/c1-17(2)13-7-8-18(17,3)15(11-13)23-16(24)10-12-5-4-6-14(9-12)19(20,21)22/h4-6,9,13,15H,7-8,10-11H2,1-3H3,(H,23,24)/t13-,15+,18-/m1/s1. The number of alkyl halides is 3. The van der Waals surface area contributed by atoms with E-state index in [1.807, 2.05) is 0 Å². The Morgan fingerprint density at radius 2 is 2.00 bits per heavy atom. The fourth-order valence-electron chi connectivity index (χ4n) is 4.71.